The summed E-state index contributed by atoms with van der Waals surface area (Å²) >= 11 is 0. The molecule has 0 aliphatic carbocycles. The molecule has 0 atom stereocenters. The Kier molecular flexibility index (Phi) is 10.5. The minimum absolute atomic E-state index is 0.492. The van der Waals surface area contributed by atoms with Crippen LogP contribution in [-0.4, -0.2) is 24.5 Å². The van der Waals surface area contributed by atoms with Crippen LogP contribution >= 0.6 is 0 Å². The highest BCUT2D eigenvalue weighted by Crippen LogP contribution is 2.43. The van der Waals surface area contributed by atoms with E-state index >= 15 is 0 Å². The van der Waals surface area contributed by atoms with Gasteiger partial charge in [-0.15, -0.1) is 0 Å². The number of aromatic nitrogens is 5. The highest BCUT2D eigenvalue weighted by molar-refractivity contribution is 6.23. The van der Waals surface area contributed by atoms with Crippen LogP contribution in [-0.2, 0) is 0 Å². The van der Waals surface area contributed by atoms with Crippen LogP contribution in [0.25, 0.3) is 118 Å². The molecular weight excluding hydrogens is 843 g/mol. The van der Waals surface area contributed by atoms with E-state index in [1.807, 2.05) is 79.9 Å². The number of furan rings is 1. The number of rotatable bonds is 10. The SMILES string of the molecule is C=C/C(=C\c1c(C)oc2ccc3c(c4ccccc4n3-c3ccccc3)c12)c1ncc(-c2ccc(-c3ccccc3)c(-c3ccccc3)c2)cc1-c1nc(-c2ccccc2)nc(-c2ccccc2)n1. The van der Waals surface area contributed by atoms with Crippen LogP contribution in [0.5, 0.6) is 0 Å². The minimum atomic E-state index is 0.492. The summed E-state index contributed by atoms with van der Waals surface area (Å²) in [5.41, 5.74) is 15.5. The van der Waals surface area contributed by atoms with Gasteiger partial charge in [0, 0.05) is 61.4 Å². The molecule has 4 heterocycles. The molecule has 326 valence electrons. The number of aryl methyl sites for hydroxylation is 1. The first-order valence-electron chi connectivity index (χ1n) is 23.1. The van der Waals surface area contributed by atoms with Crippen LogP contribution in [0.4, 0.5) is 0 Å². The first kappa shape index (κ1) is 41.2. The second kappa shape index (κ2) is 17.5. The monoisotopic (exact) mass is 885 g/mol. The molecule has 0 bridgehead atoms. The van der Waals surface area contributed by atoms with Crippen LogP contribution in [0.2, 0.25) is 0 Å². The molecule has 0 N–H and O–H groups in total. The maximum absolute atomic E-state index is 6.62. The van der Waals surface area contributed by atoms with Crippen LogP contribution in [0.1, 0.15) is 17.0 Å². The Morgan fingerprint density at radius 1 is 0.478 bits per heavy atom. The van der Waals surface area contributed by atoms with Crippen molar-refractivity contribution < 1.29 is 4.42 Å². The summed E-state index contributed by atoms with van der Waals surface area (Å²) in [4.78, 5) is 20.9. The van der Waals surface area contributed by atoms with Crippen molar-refractivity contribution in [1.82, 2.24) is 24.5 Å². The van der Waals surface area contributed by atoms with Crippen molar-refractivity contribution in [2.75, 3.05) is 0 Å². The predicted octanol–water partition coefficient (Wildman–Crippen LogP) is 16.1. The predicted molar refractivity (Wildman–Crippen MR) is 284 cm³/mol. The second-order valence-electron chi connectivity index (χ2n) is 17.0. The highest BCUT2D eigenvalue weighted by atomic mass is 16.3. The van der Waals surface area contributed by atoms with E-state index in [4.69, 9.17) is 24.4 Å². The van der Waals surface area contributed by atoms with Gasteiger partial charge in [0.15, 0.2) is 17.5 Å². The van der Waals surface area contributed by atoms with Crippen molar-refractivity contribution in [3.8, 4) is 73.2 Å². The van der Waals surface area contributed by atoms with Gasteiger partial charge in [0.1, 0.15) is 11.3 Å². The smallest absolute Gasteiger partial charge is 0.166 e. The van der Waals surface area contributed by atoms with Crippen molar-refractivity contribution in [1.29, 1.82) is 0 Å². The summed E-state index contributed by atoms with van der Waals surface area (Å²) in [7, 11) is 0. The molecule has 4 aromatic heterocycles. The summed E-state index contributed by atoms with van der Waals surface area (Å²) in [6.45, 7) is 6.44. The van der Waals surface area contributed by atoms with E-state index in [0.29, 0.717) is 23.2 Å². The molecule has 69 heavy (non-hydrogen) atoms. The lowest BCUT2D eigenvalue weighted by Crippen LogP contribution is -2.03. The zero-order valence-corrected chi connectivity index (χ0v) is 37.8. The largest absolute Gasteiger partial charge is 0.461 e. The van der Waals surface area contributed by atoms with E-state index in [0.717, 1.165) is 105 Å². The normalized spacial score (nSPS) is 11.7. The van der Waals surface area contributed by atoms with Gasteiger partial charge < -0.3 is 8.98 Å². The number of pyridine rings is 1. The Bertz CT molecular complexity index is 3840. The molecule has 12 rings (SSSR count). The third kappa shape index (κ3) is 7.50. The molecule has 0 radical (unpaired) electrons. The van der Waals surface area contributed by atoms with E-state index in [2.05, 4.69) is 169 Å². The average Bonchev–Trinajstić information content (AvgIpc) is 3.94. The Morgan fingerprint density at radius 2 is 1.03 bits per heavy atom. The quantitative estimate of drug-likeness (QED) is 0.128. The number of para-hydroxylation sites is 2. The van der Waals surface area contributed by atoms with Gasteiger partial charge in [-0.25, -0.2) is 15.0 Å². The van der Waals surface area contributed by atoms with Gasteiger partial charge in [0.2, 0.25) is 0 Å². The maximum Gasteiger partial charge on any atom is 0.166 e. The second-order valence-corrected chi connectivity index (χ2v) is 17.0. The Balaban J connectivity index is 1.10. The number of hydrogen-bond donors (Lipinski definition) is 0. The average molecular weight is 886 g/mol. The fourth-order valence-electron chi connectivity index (χ4n) is 9.60. The van der Waals surface area contributed by atoms with Crippen molar-refractivity contribution in [3.05, 3.63) is 248 Å². The summed E-state index contributed by atoms with van der Waals surface area (Å²) in [5.74, 6) is 2.40. The molecule has 0 saturated heterocycles. The summed E-state index contributed by atoms with van der Waals surface area (Å²) in [6, 6.07) is 73.4. The van der Waals surface area contributed by atoms with Crippen LogP contribution in [0, 0.1) is 6.92 Å². The third-order valence-corrected chi connectivity index (χ3v) is 12.9. The standard InChI is InChI=1S/C63H43N5O/c1-3-42(37-52-41(2)69-57-36-35-56-58(59(52)57)51-31-19-20-32-55(51)68(56)49-29-17-8-18-30-49)60-54(63-66-61(45-25-13-6-14-26-45)65-62(67-63)46-27-15-7-16-28-46)39-48(40-64-60)47-33-34-50(43-21-9-4-10-22-43)53(38-47)44-23-11-5-12-24-44/h3-40H,1H2,2H3/b42-37+. The number of hydrogen-bond acceptors (Lipinski definition) is 5. The molecule has 0 amide bonds. The van der Waals surface area contributed by atoms with Gasteiger partial charge in [-0.2, -0.15) is 0 Å². The van der Waals surface area contributed by atoms with Crippen LogP contribution in [0.3, 0.4) is 0 Å². The third-order valence-electron chi connectivity index (χ3n) is 12.9. The maximum atomic E-state index is 6.62. The van der Waals surface area contributed by atoms with Gasteiger partial charge in [-0.05, 0) is 83.3 Å². The Morgan fingerprint density at radius 3 is 1.67 bits per heavy atom. The van der Waals surface area contributed by atoms with E-state index in [9.17, 15) is 0 Å². The lowest BCUT2D eigenvalue weighted by atomic mass is 9.90. The molecule has 0 unspecified atom stereocenters. The van der Waals surface area contributed by atoms with Crippen LogP contribution < -0.4 is 0 Å². The number of allylic oxidation sites excluding steroid dienone is 2. The summed E-state index contributed by atoms with van der Waals surface area (Å²) < 4.78 is 8.95. The van der Waals surface area contributed by atoms with Gasteiger partial charge in [0.05, 0.1) is 16.7 Å². The van der Waals surface area contributed by atoms with Gasteiger partial charge in [-0.1, -0.05) is 183 Å². The fraction of sp³-hybridized carbons (Fsp3) is 0.0159. The molecule has 0 aliphatic rings. The van der Waals surface area contributed by atoms with Crippen molar-refractivity contribution in [2.45, 2.75) is 6.92 Å². The number of nitrogens with zero attached hydrogens (tertiary/aromatic N) is 5. The topological polar surface area (TPSA) is 69.6 Å². The zero-order chi connectivity index (χ0) is 46.3. The number of benzene rings is 8. The molecule has 0 spiro atoms. The summed E-state index contributed by atoms with van der Waals surface area (Å²) in [5, 5.41) is 3.28. The Labute approximate surface area is 399 Å². The van der Waals surface area contributed by atoms with Gasteiger partial charge in [0.25, 0.3) is 0 Å². The minimum Gasteiger partial charge on any atom is -0.461 e. The van der Waals surface area contributed by atoms with Crippen molar-refractivity contribution >= 4 is 44.4 Å². The molecule has 6 heteroatoms. The molecule has 8 aromatic carbocycles. The van der Waals surface area contributed by atoms with E-state index in [-0.39, 0.29) is 0 Å². The number of fused-ring (bicyclic) bond motifs is 5. The molecule has 0 fully saturated rings. The van der Waals surface area contributed by atoms with Gasteiger partial charge >= 0.3 is 0 Å². The molecule has 0 aliphatic heterocycles. The van der Waals surface area contributed by atoms with Crippen LogP contribution in [0.15, 0.2) is 236 Å². The summed E-state index contributed by atoms with van der Waals surface area (Å²) in [6.07, 6.45) is 5.98. The first-order chi connectivity index (χ1) is 34.1. The fourth-order valence-corrected chi connectivity index (χ4v) is 9.60. The Hall–Kier alpha value is -9.26. The molecular formula is C63H43N5O. The van der Waals surface area contributed by atoms with E-state index in [1.165, 1.54) is 0 Å². The van der Waals surface area contributed by atoms with Crippen molar-refractivity contribution in [3.63, 3.8) is 0 Å². The lowest BCUT2D eigenvalue weighted by molar-refractivity contribution is 0.577. The zero-order valence-electron chi connectivity index (χ0n) is 37.8. The highest BCUT2D eigenvalue weighted by Gasteiger charge is 2.23. The lowest BCUT2D eigenvalue weighted by Gasteiger charge is -2.16. The van der Waals surface area contributed by atoms with E-state index in [1.54, 1.807) is 0 Å². The molecule has 0 saturated carbocycles. The molecule has 12 aromatic rings. The first-order valence-corrected chi connectivity index (χ1v) is 23.1. The van der Waals surface area contributed by atoms with Gasteiger partial charge in [-0.3, -0.25) is 4.98 Å². The molecule has 6 nitrogen and oxygen atoms in total. The van der Waals surface area contributed by atoms with Crippen molar-refractivity contribution in [2.24, 2.45) is 0 Å². The van der Waals surface area contributed by atoms with E-state index < -0.39 is 0 Å².